The summed E-state index contributed by atoms with van der Waals surface area (Å²) in [4.78, 5) is 30.2. The number of hydrogen-bond donors (Lipinski definition) is 2. The zero-order chi connectivity index (χ0) is 31.2. The molecule has 8 nitrogen and oxygen atoms in total. The van der Waals surface area contributed by atoms with Crippen LogP contribution >= 0.6 is 34.9 Å². The zero-order valence-corrected chi connectivity index (χ0v) is 27.1. The molecule has 226 valence electrons. The van der Waals surface area contributed by atoms with Gasteiger partial charge in [0.25, 0.3) is 0 Å². The van der Waals surface area contributed by atoms with Gasteiger partial charge in [-0.05, 0) is 49.2 Å². The maximum atomic E-state index is 13.0. The molecular weight excluding hydrogens is 621 g/mol. The van der Waals surface area contributed by atoms with Crippen LogP contribution in [0.4, 0.5) is 11.4 Å². The van der Waals surface area contributed by atoms with Crippen LogP contribution in [0, 0.1) is 13.8 Å². The molecule has 6 rings (SSSR count). The molecule has 0 saturated carbocycles. The summed E-state index contributed by atoms with van der Waals surface area (Å²) in [5, 5.41) is 15.5. The minimum atomic E-state index is -0.142. The molecule has 0 spiro atoms. The Morgan fingerprint density at radius 2 is 1.53 bits per heavy atom. The molecule has 2 amide bonds. The summed E-state index contributed by atoms with van der Waals surface area (Å²) in [5.41, 5.74) is 6.62. The van der Waals surface area contributed by atoms with Crippen molar-refractivity contribution in [2.45, 2.75) is 29.9 Å². The molecule has 0 fully saturated rings. The molecular formula is C34H30N6O2S3. The van der Waals surface area contributed by atoms with E-state index in [1.807, 2.05) is 103 Å². The van der Waals surface area contributed by atoms with Gasteiger partial charge in [0, 0.05) is 16.9 Å². The van der Waals surface area contributed by atoms with Gasteiger partial charge in [-0.25, -0.2) is 4.98 Å². The highest BCUT2D eigenvalue weighted by atomic mass is 32.2. The van der Waals surface area contributed by atoms with Gasteiger partial charge in [0.2, 0.25) is 11.8 Å². The number of hydrogen-bond acceptors (Lipinski definition) is 8. The number of fused-ring (bicyclic) bond motifs is 1. The Morgan fingerprint density at radius 3 is 2.31 bits per heavy atom. The second-order valence-corrected chi connectivity index (χ2v) is 13.6. The third kappa shape index (κ3) is 7.80. The topological polar surface area (TPSA) is 102 Å². The first-order valence-electron chi connectivity index (χ1n) is 14.3. The lowest BCUT2D eigenvalue weighted by Crippen LogP contribution is -2.14. The smallest absolute Gasteiger partial charge is 0.234 e. The zero-order valence-electron chi connectivity index (χ0n) is 24.7. The molecule has 0 atom stereocenters. The van der Waals surface area contributed by atoms with Gasteiger partial charge in [0.15, 0.2) is 15.3 Å². The summed E-state index contributed by atoms with van der Waals surface area (Å²) in [7, 11) is 0. The van der Waals surface area contributed by atoms with Gasteiger partial charge in [-0.1, -0.05) is 102 Å². The molecule has 0 bridgehead atoms. The van der Waals surface area contributed by atoms with Crippen LogP contribution in [0.1, 0.15) is 16.7 Å². The number of amides is 2. The minimum absolute atomic E-state index is 0.0767. The Labute approximate surface area is 273 Å². The Balaban J connectivity index is 1.07. The average molecular weight is 651 g/mol. The Bertz CT molecular complexity index is 1960. The lowest BCUT2D eigenvalue weighted by molar-refractivity contribution is -0.114. The Morgan fingerprint density at radius 1 is 0.800 bits per heavy atom. The van der Waals surface area contributed by atoms with Crippen molar-refractivity contribution in [3.63, 3.8) is 0 Å². The highest BCUT2D eigenvalue weighted by molar-refractivity contribution is 8.01. The number of thiazole rings is 1. The minimum Gasteiger partial charge on any atom is -0.325 e. The van der Waals surface area contributed by atoms with Crippen molar-refractivity contribution in [2.24, 2.45) is 0 Å². The summed E-state index contributed by atoms with van der Waals surface area (Å²) < 4.78 is 3.78. The van der Waals surface area contributed by atoms with Crippen LogP contribution in [0.2, 0.25) is 0 Å². The van der Waals surface area contributed by atoms with E-state index in [0.29, 0.717) is 17.4 Å². The number of aryl methyl sites for hydroxylation is 2. The average Bonchev–Trinajstić information content (AvgIpc) is 3.64. The first-order valence-corrected chi connectivity index (χ1v) is 17.1. The highest BCUT2D eigenvalue weighted by Gasteiger charge is 2.17. The molecule has 0 aliphatic rings. The van der Waals surface area contributed by atoms with Gasteiger partial charge < -0.3 is 10.6 Å². The number of carbonyl (C=O) groups excluding carboxylic acids is 2. The molecule has 2 heterocycles. The van der Waals surface area contributed by atoms with Crippen molar-refractivity contribution in [1.82, 2.24) is 19.7 Å². The molecule has 0 unspecified atom stereocenters. The SMILES string of the molecule is Cc1ccc(NC(=O)CSc2nc3ccc(NC(=O)CSc4nnc(-c5ccccc5)n4Cc4ccccc4)cc3s2)c(C)c1. The lowest BCUT2D eigenvalue weighted by Gasteiger charge is -2.11. The van der Waals surface area contributed by atoms with Gasteiger partial charge >= 0.3 is 0 Å². The van der Waals surface area contributed by atoms with E-state index in [9.17, 15) is 9.59 Å². The fourth-order valence-electron chi connectivity index (χ4n) is 4.74. The molecule has 2 N–H and O–H groups in total. The van der Waals surface area contributed by atoms with Crippen LogP contribution in [-0.4, -0.2) is 43.1 Å². The standard InChI is InChI=1S/C34H30N6O2S3/c1-22-13-15-27(23(2)17-22)36-31(42)21-44-34-37-28-16-14-26(18-29(28)45-34)35-30(41)20-43-33-39-38-32(25-11-7-4-8-12-25)40(33)19-24-9-5-3-6-10-24/h3-18H,19-21H2,1-2H3,(H,35,41)(H,36,42). The molecule has 0 radical (unpaired) electrons. The largest absolute Gasteiger partial charge is 0.325 e. The molecule has 0 saturated heterocycles. The third-order valence-electron chi connectivity index (χ3n) is 6.90. The Hall–Kier alpha value is -4.45. The fraction of sp³-hybridized carbons (Fsp3) is 0.147. The molecule has 11 heteroatoms. The van der Waals surface area contributed by atoms with Gasteiger partial charge in [-0.2, -0.15) is 0 Å². The van der Waals surface area contributed by atoms with E-state index in [1.54, 1.807) is 0 Å². The maximum Gasteiger partial charge on any atom is 0.234 e. The summed E-state index contributed by atoms with van der Waals surface area (Å²) in [6, 6.07) is 31.7. The van der Waals surface area contributed by atoms with Gasteiger partial charge in [0.1, 0.15) is 0 Å². The number of carbonyl (C=O) groups is 2. The van der Waals surface area contributed by atoms with Crippen molar-refractivity contribution < 1.29 is 9.59 Å². The van der Waals surface area contributed by atoms with Crippen molar-refractivity contribution in [3.05, 3.63) is 114 Å². The lowest BCUT2D eigenvalue weighted by atomic mass is 10.1. The normalized spacial score (nSPS) is 11.1. The van der Waals surface area contributed by atoms with Crippen LogP contribution in [0.3, 0.4) is 0 Å². The van der Waals surface area contributed by atoms with E-state index in [2.05, 4.69) is 37.9 Å². The second kappa shape index (κ2) is 14.1. The van der Waals surface area contributed by atoms with E-state index in [0.717, 1.165) is 48.3 Å². The highest BCUT2D eigenvalue weighted by Crippen LogP contribution is 2.32. The number of rotatable bonds is 11. The predicted molar refractivity (Wildman–Crippen MR) is 185 cm³/mol. The predicted octanol–water partition coefficient (Wildman–Crippen LogP) is 7.68. The van der Waals surface area contributed by atoms with E-state index in [-0.39, 0.29) is 23.3 Å². The molecule has 0 aliphatic carbocycles. The van der Waals surface area contributed by atoms with E-state index in [1.165, 1.54) is 34.9 Å². The monoisotopic (exact) mass is 650 g/mol. The van der Waals surface area contributed by atoms with Crippen molar-refractivity contribution in [3.8, 4) is 11.4 Å². The summed E-state index contributed by atoms with van der Waals surface area (Å²) in [5.74, 6) is 0.979. The van der Waals surface area contributed by atoms with Gasteiger partial charge in [-0.15, -0.1) is 21.5 Å². The maximum absolute atomic E-state index is 13.0. The van der Waals surface area contributed by atoms with Crippen LogP contribution in [0.5, 0.6) is 0 Å². The van der Waals surface area contributed by atoms with Gasteiger partial charge in [0.05, 0.1) is 28.3 Å². The van der Waals surface area contributed by atoms with Crippen LogP contribution in [-0.2, 0) is 16.1 Å². The van der Waals surface area contributed by atoms with E-state index in [4.69, 9.17) is 0 Å². The van der Waals surface area contributed by atoms with Crippen molar-refractivity contribution in [1.29, 1.82) is 0 Å². The molecule has 6 aromatic rings. The number of benzene rings is 4. The number of nitrogens with one attached hydrogen (secondary N) is 2. The molecule has 45 heavy (non-hydrogen) atoms. The molecule has 2 aromatic heterocycles. The quantitative estimate of drug-likeness (QED) is 0.139. The van der Waals surface area contributed by atoms with Crippen molar-refractivity contribution >= 4 is 68.3 Å². The first kappa shape index (κ1) is 30.6. The number of nitrogens with zero attached hydrogens (tertiary/aromatic N) is 4. The van der Waals surface area contributed by atoms with Crippen LogP contribution in [0.15, 0.2) is 107 Å². The second-order valence-electron chi connectivity index (χ2n) is 10.4. The van der Waals surface area contributed by atoms with Crippen LogP contribution < -0.4 is 10.6 Å². The first-order chi connectivity index (χ1) is 21.9. The summed E-state index contributed by atoms with van der Waals surface area (Å²) in [6.07, 6.45) is 0. The third-order valence-corrected chi connectivity index (χ3v) is 10.0. The number of aromatic nitrogens is 4. The van der Waals surface area contributed by atoms with Gasteiger partial charge in [-0.3, -0.25) is 14.2 Å². The van der Waals surface area contributed by atoms with E-state index < -0.39 is 0 Å². The fourth-order valence-corrected chi connectivity index (χ4v) is 7.39. The number of anilines is 2. The van der Waals surface area contributed by atoms with Crippen molar-refractivity contribution in [2.75, 3.05) is 22.1 Å². The van der Waals surface area contributed by atoms with E-state index >= 15 is 0 Å². The molecule has 4 aromatic carbocycles. The summed E-state index contributed by atoms with van der Waals surface area (Å²) >= 11 is 4.25. The Kier molecular flexibility index (Phi) is 9.58. The molecule has 0 aliphatic heterocycles. The number of thioether (sulfide) groups is 2. The summed E-state index contributed by atoms with van der Waals surface area (Å²) in [6.45, 7) is 4.61. The van der Waals surface area contributed by atoms with Crippen LogP contribution in [0.25, 0.3) is 21.6 Å².